The summed E-state index contributed by atoms with van der Waals surface area (Å²) >= 11 is 0. The first-order chi connectivity index (χ1) is 11.5. The second-order valence-corrected chi connectivity index (χ2v) is 5.21. The van der Waals surface area contributed by atoms with Gasteiger partial charge in [-0.05, 0) is 42.3 Å². The summed E-state index contributed by atoms with van der Waals surface area (Å²) in [5.41, 5.74) is 2.16. The predicted octanol–water partition coefficient (Wildman–Crippen LogP) is 3.47. The van der Waals surface area contributed by atoms with E-state index in [1.54, 1.807) is 36.4 Å². The molecule has 24 heavy (non-hydrogen) atoms. The summed E-state index contributed by atoms with van der Waals surface area (Å²) in [6.45, 7) is 4.95. The Morgan fingerprint density at radius 2 is 1.54 bits per heavy atom. The van der Waals surface area contributed by atoms with E-state index in [0.717, 1.165) is 11.1 Å². The highest BCUT2D eigenvalue weighted by Gasteiger charge is 2.08. The number of carbonyl (C=O) groups is 2. The van der Waals surface area contributed by atoms with Gasteiger partial charge in [-0.25, -0.2) is 4.79 Å². The van der Waals surface area contributed by atoms with Gasteiger partial charge in [-0.1, -0.05) is 30.8 Å². The lowest BCUT2D eigenvalue weighted by molar-refractivity contribution is -0.142. The van der Waals surface area contributed by atoms with Crippen molar-refractivity contribution in [3.8, 4) is 22.6 Å². The lowest BCUT2D eigenvalue weighted by atomic mass is 10.1. The van der Waals surface area contributed by atoms with Crippen LogP contribution < -0.4 is 4.74 Å². The van der Waals surface area contributed by atoms with Crippen LogP contribution in [0, 0.1) is 0 Å². The molecule has 5 heteroatoms. The number of phenols is 1. The molecule has 2 aromatic carbocycles. The van der Waals surface area contributed by atoms with Crippen LogP contribution in [0.3, 0.4) is 0 Å². The van der Waals surface area contributed by atoms with Gasteiger partial charge in [0.05, 0.1) is 6.42 Å². The van der Waals surface area contributed by atoms with Crippen molar-refractivity contribution in [2.45, 2.75) is 13.3 Å². The van der Waals surface area contributed by atoms with Gasteiger partial charge >= 0.3 is 11.9 Å². The minimum atomic E-state index is -0.527. The minimum absolute atomic E-state index is 0.0290. The first kappa shape index (κ1) is 17.3. The Morgan fingerprint density at radius 1 is 1.00 bits per heavy atom. The van der Waals surface area contributed by atoms with Crippen LogP contribution in [0.15, 0.2) is 60.7 Å². The standard InChI is InChI=1S/C19H18O5/c1-13(2)19(22)23-12-11-18(21)24-17-9-5-15(6-10-17)14-3-7-16(20)8-4-14/h3-10,20H,1,11-12H2,2H3. The lowest BCUT2D eigenvalue weighted by Gasteiger charge is -2.07. The molecule has 0 fully saturated rings. The van der Waals surface area contributed by atoms with Crippen LogP contribution in [0.4, 0.5) is 0 Å². The van der Waals surface area contributed by atoms with Gasteiger partial charge in [0.25, 0.3) is 0 Å². The third kappa shape index (κ3) is 4.98. The number of aromatic hydroxyl groups is 1. The maximum absolute atomic E-state index is 11.7. The lowest BCUT2D eigenvalue weighted by Crippen LogP contribution is -2.14. The molecule has 0 saturated carbocycles. The molecule has 0 aliphatic rings. The molecule has 0 unspecified atom stereocenters. The number of ether oxygens (including phenoxy) is 2. The summed E-state index contributed by atoms with van der Waals surface area (Å²) < 4.78 is 10.0. The second kappa shape index (κ2) is 7.97. The average Bonchev–Trinajstić information content (AvgIpc) is 2.56. The van der Waals surface area contributed by atoms with Gasteiger partial charge in [0, 0.05) is 5.57 Å². The van der Waals surface area contributed by atoms with Crippen LogP contribution in [0.1, 0.15) is 13.3 Å². The Morgan fingerprint density at radius 3 is 2.08 bits per heavy atom. The zero-order chi connectivity index (χ0) is 17.5. The van der Waals surface area contributed by atoms with Crippen LogP contribution in [-0.2, 0) is 14.3 Å². The molecule has 0 radical (unpaired) electrons. The SMILES string of the molecule is C=C(C)C(=O)OCCC(=O)Oc1ccc(-c2ccc(O)cc2)cc1. The van der Waals surface area contributed by atoms with Crippen molar-refractivity contribution in [1.82, 2.24) is 0 Å². The molecule has 0 atom stereocenters. The van der Waals surface area contributed by atoms with E-state index in [4.69, 9.17) is 9.47 Å². The molecule has 1 N–H and O–H groups in total. The molecule has 0 aliphatic heterocycles. The van der Waals surface area contributed by atoms with Crippen molar-refractivity contribution < 1.29 is 24.2 Å². The van der Waals surface area contributed by atoms with E-state index in [9.17, 15) is 14.7 Å². The fourth-order valence-corrected chi connectivity index (χ4v) is 1.90. The summed E-state index contributed by atoms with van der Waals surface area (Å²) in [5.74, 6) is -0.395. The Hall–Kier alpha value is -3.08. The summed E-state index contributed by atoms with van der Waals surface area (Å²) in [6.07, 6.45) is -0.0290. The summed E-state index contributed by atoms with van der Waals surface area (Å²) in [7, 11) is 0. The number of rotatable bonds is 6. The third-order valence-electron chi connectivity index (χ3n) is 3.17. The zero-order valence-corrected chi connectivity index (χ0v) is 13.3. The van der Waals surface area contributed by atoms with Gasteiger partial charge < -0.3 is 14.6 Å². The molecule has 0 saturated heterocycles. The van der Waals surface area contributed by atoms with Gasteiger partial charge in [-0.2, -0.15) is 0 Å². The Kier molecular flexibility index (Phi) is 5.73. The van der Waals surface area contributed by atoms with Crippen LogP contribution in [0.2, 0.25) is 0 Å². The van der Waals surface area contributed by atoms with E-state index < -0.39 is 11.9 Å². The molecule has 0 heterocycles. The number of esters is 2. The summed E-state index contributed by atoms with van der Waals surface area (Å²) in [4.78, 5) is 22.9. The molecule has 124 valence electrons. The van der Waals surface area contributed by atoms with Crippen LogP contribution in [0.5, 0.6) is 11.5 Å². The number of hydrogen-bond acceptors (Lipinski definition) is 5. The summed E-state index contributed by atoms with van der Waals surface area (Å²) in [6, 6.07) is 13.8. The quantitative estimate of drug-likeness (QED) is 0.500. The second-order valence-electron chi connectivity index (χ2n) is 5.21. The number of carbonyl (C=O) groups excluding carboxylic acids is 2. The smallest absolute Gasteiger partial charge is 0.333 e. The maximum Gasteiger partial charge on any atom is 0.333 e. The first-order valence-corrected chi connectivity index (χ1v) is 7.38. The molecule has 2 rings (SSSR count). The zero-order valence-electron chi connectivity index (χ0n) is 13.3. The molecular formula is C19H18O5. The van der Waals surface area contributed by atoms with Gasteiger partial charge in [0.15, 0.2) is 0 Å². The van der Waals surface area contributed by atoms with Crippen molar-refractivity contribution in [1.29, 1.82) is 0 Å². The van der Waals surface area contributed by atoms with E-state index in [0.29, 0.717) is 5.75 Å². The monoisotopic (exact) mass is 326 g/mol. The van der Waals surface area contributed by atoms with Gasteiger partial charge in [0.1, 0.15) is 18.1 Å². The molecule has 0 spiro atoms. The summed E-state index contributed by atoms with van der Waals surface area (Å²) in [5, 5.41) is 9.29. The van der Waals surface area contributed by atoms with E-state index in [-0.39, 0.29) is 24.4 Å². The Balaban J connectivity index is 1.87. The Bertz CT molecular complexity index is 729. The van der Waals surface area contributed by atoms with Crippen LogP contribution in [0.25, 0.3) is 11.1 Å². The number of benzene rings is 2. The topological polar surface area (TPSA) is 72.8 Å². The highest BCUT2D eigenvalue weighted by atomic mass is 16.5. The molecular weight excluding hydrogens is 308 g/mol. The third-order valence-corrected chi connectivity index (χ3v) is 3.17. The first-order valence-electron chi connectivity index (χ1n) is 7.38. The maximum atomic E-state index is 11.7. The van der Waals surface area contributed by atoms with E-state index >= 15 is 0 Å². The highest BCUT2D eigenvalue weighted by molar-refractivity contribution is 5.87. The van der Waals surface area contributed by atoms with Crippen molar-refractivity contribution in [3.63, 3.8) is 0 Å². The molecule has 0 aromatic heterocycles. The van der Waals surface area contributed by atoms with E-state index in [1.165, 1.54) is 6.92 Å². The van der Waals surface area contributed by atoms with Crippen molar-refractivity contribution >= 4 is 11.9 Å². The predicted molar refractivity (Wildman–Crippen MR) is 89.6 cm³/mol. The fraction of sp³-hybridized carbons (Fsp3) is 0.158. The fourth-order valence-electron chi connectivity index (χ4n) is 1.90. The molecule has 5 nitrogen and oxygen atoms in total. The average molecular weight is 326 g/mol. The van der Waals surface area contributed by atoms with Gasteiger partial charge in [-0.3, -0.25) is 4.79 Å². The Labute approximate surface area is 140 Å². The highest BCUT2D eigenvalue weighted by Crippen LogP contribution is 2.24. The van der Waals surface area contributed by atoms with Crippen LogP contribution >= 0.6 is 0 Å². The van der Waals surface area contributed by atoms with Gasteiger partial charge in [0.2, 0.25) is 0 Å². The van der Waals surface area contributed by atoms with Crippen molar-refractivity contribution in [2.24, 2.45) is 0 Å². The van der Waals surface area contributed by atoms with Crippen LogP contribution in [-0.4, -0.2) is 23.7 Å². The molecule has 0 bridgehead atoms. The largest absolute Gasteiger partial charge is 0.508 e. The van der Waals surface area contributed by atoms with E-state index in [2.05, 4.69) is 6.58 Å². The number of hydrogen-bond donors (Lipinski definition) is 1. The minimum Gasteiger partial charge on any atom is -0.508 e. The number of phenolic OH excluding ortho intramolecular Hbond substituents is 1. The van der Waals surface area contributed by atoms with Gasteiger partial charge in [-0.15, -0.1) is 0 Å². The molecule has 2 aromatic rings. The van der Waals surface area contributed by atoms with E-state index in [1.807, 2.05) is 12.1 Å². The molecule has 0 amide bonds. The van der Waals surface area contributed by atoms with Crippen molar-refractivity contribution in [3.05, 3.63) is 60.7 Å². The normalized spacial score (nSPS) is 10.0. The molecule has 0 aliphatic carbocycles. The van der Waals surface area contributed by atoms with Crippen molar-refractivity contribution in [2.75, 3.05) is 6.61 Å².